The molecule has 3 aliphatic rings. The summed E-state index contributed by atoms with van der Waals surface area (Å²) in [5.41, 5.74) is 4.36. The molecule has 1 aromatic carbocycles. The molecule has 0 unspecified atom stereocenters. The van der Waals surface area contributed by atoms with Crippen molar-refractivity contribution in [1.82, 2.24) is 5.32 Å². The maximum Gasteiger partial charge on any atom is 0.161 e. The van der Waals surface area contributed by atoms with Crippen LogP contribution in [0.5, 0.6) is 5.75 Å². The molecule has 1 aliphatic heterocycles. The lowest BCUT2D eigenvalue weighted by atomic mass is 9.71. The molecule has 0 saturated carbocycles. The molecule has 0 fully saturated rings. The molecule has 2 aliphatic carbocycles. The summed E-state index contributed by atoms with van der Waals surface area (Å²) in [6.07, 6.45) is 4.50. The highest BCUT2D eigenvalue weighted by Crippen LogP contribution is 2.46. The van der Waals surface area contributed by atoms with E-state index in [-0.39, 0.29) is 17.5 Å². The van der Waals surface area contributed by atoms with Gasteiger partial charge in [0.2, 0.25) is 0 Å². The van der Waals surface area contributed by atoms with Crippen molar-refractivity contribution < 1.29 is 14.3 Å². The molecule has 0 spiro atoms. The molecule has 1 N–H and O–H groups in total. The molecule has 0 bridgehead atoms. The van der Waals surface area contributed by atoms with Gasteiger partial charge in [-0.1, -0.05) is 17.7 Å². The first-order valence-corrected chi connectivity index (χ1v) is 9.11. The van der Waals surface area contributed by atoms with Crippen LogP contribution in [0.4, 0.5) is 0 Å². The number of carbonyl (C=O) groups is 2. The summed E-state index contributed by atoms with van der Waals surface area (Å²) in [5, 5.41) is 3.91. The highest BCUT2D eigenvalue weighted by Gasteiger charge is 2.40. The third-order valence-corrected chi connectivity index (χ3v) is 5.60. The summed E-state index contributed by atoms with van der Waals surface area (Å²) in [7, 11) is 1.57. The average molecular weight is 358 g/mol. The number of rotatable bonds is 2. The minimum Gasteiger partial charge on any atom is -0.495 e. The molecule has 5 heteroatoms. The summed E-state index contributed by atoms with van der Waals surface area (Å²) in [6.45, 7) is 0. The zero-order valence-electron chi connectivity index (χ0n) is 14.2. The number of dihydropyridines is 1. The Balaban J connectivity index is 1.89. The van der Waals surface area contributed by atoms with Gasteiger partial charge < -0.3 is 10.1 Å². The van der Waals surface area contributed by atoms with Gasteiger partial charge in [-0.05, 0) is 43.4 Å². The molecular formula is C20H20ClNO3. The van der Waals surface area contributed by atoms with Crippen molar-refractivity contribution in [1.29, 1.82) is 0 Å². The molecule has 0 amide bonds. The zero-order chi connectivity index (χ0) is 17.6. The minimum absolute atomic E-state index is 0.135. The van der Waals surface area contributed by atoms with Gasteiger partial charge in [-0.2, -0.15) is 0 Å². The van der Waals surface area contributed by atoms with Gasteiger partial charge in [0.1, 0.15) is 5.75 Å². The van der Waals surface area contributed by atoms with Gasteiger partial charge in [0.25, 0.3) is 0 Å². The van der Waals surface area contributed by atoms with Crippen molar-refractivity contribution in [2.24, 2.45) is 0 Å². The second-order valence-corrected chi connectivity index (χ2v) is 7.20. The number of halogens is 1. The van der Waals surface area contributed by atoms with Crippen LogP contribution < -0.4 is 10.1 Å². The first-order chi connectivity index (χ1) is 12.1. The number of methoxy groups -OCH3 is 1. The zero-order valence-corrected chi connectivity index (χ0v) is 14.9. The number of hydrogen-bond donors (Lipinski definition) is 1. The number of benzene rings is 1. The van der Waals surface area contributed by atoms with E-state index in [1.165, 1.54) is 0 Å². The van der Waals surface area contributed by atoms with Gasteiger partial charge in [0, 0.05) is 41.3 Å². The smallest absolute Gasteiger partial charge is 0.161 e. The molecule has 4 rings (SSSR count). The van der Waals surface area contributed by atoms with Gasteiger partial charge in [-0.3, -0.25) is 9.59 Å². The maximum atomic E-state index is 12.7. The number of ether oxygens (including phenoxy) is 1. The number of nitrogens with one attached hydrogen (secondary N) is 1. The largest absolute Gasteiger partial charge is 0.495 e. The molecule has 0 saturated heterocycles. The minimum atomic E-state index is -0.310. The molecule has 0 atom stereocenters. The van der Waals surface area contributed by atoms with Crippen molar-refractivity contribution in [3.8, 4) is 5.75 Å². The third kappa shape index (κ3) is 2.69. The molecular weight excluding hydrogens is 338 g/mol. The van der Waals surface area contributed by atoms with Crippen molar-refractivity contribution >= 4 is 23.2 Å². The van der Waals surface area contributed by atoms with E-state index in [2.05, 4.69) is 5.32 Å². The summed E-state index contributed by atoms with van der Waals surface area (Å²) in [5.74, 6) is 0.550. The molecule has 25 heavy (non-hydrogen) atoms. The van der Waals surface area contributed by atoms with Crippen LogP contribution >= 0.6 is 11.6 Å². The first kappa shape index (κ1) is 16.4. The van der Waals surface area contributed by atoms with E-state index < -0.39 is 0 Å². The second kappa shape index (κ2) is 6.34. The summed E-state index contributed by atoms with van der Waals surface area (Å²) >= 11 is 6.33. The Hall–Kier alpha value is -2.07. The number of carbonyl (C=O) groups excluding carboxylic acids is 2. The Morgan fingerprint density at radius 1 is 1.00 bits per heavy atom. The van der Waals surface area contributed by atoms with Crippen LogP contribution in [0.15, 0.2) is 40.7 Å². The second-order valence-electron chi connectivity index (χ2n) is 6.79. The topological polar surface area (TPSA) is 55.4 Å². The summed E-state index contributed by atoms with van der Waals surface area (Å²) < 4.78 is 5.24. The number of ketones is 2. The van der Waals surface area contributed by atoms with E-state index in [4.69, 9.17) is 16.3 Å². The average Bonchev–Trinajstić information content (AvgIpc) is 2.60. The predicted molar refractivity (Wildman–Crippen MR) is 95.6 cm³/mol. The summed E-state index contributed by atoms with van der Waals surface area (Å²) in [4.78, 5) is 25.4. The molecule has 1 heterocycles. The van der Waals surface area contributed by atoms with E-state index in [0.717, 1.165) is 53.8 Å². The molecule has 130 valence electrons. The van der Waals surface area contributed by atoms with Gasteiger partial charge >= 0.3 is 0 Å². The fraction of sp³-hybridized carbons (Fsp3) is 0.400. The van der Waals surface area contributed by atoms with Crippen LogP contribution in [0, 0.1) is 0 Å². The maximum absolute atomic E-state index is 12.7. The van der Waals surface area contributed by atoms with Gasteiger partial charge in [-0.15, -0.1) is 0 Å². The van der Waals surface area contributed by atoms with Crippen LogP contribution in [-0.4, -0.2) is 18.7 Å². The molecule has 0 radical (unpaired) electrons. The monoisotopic (exact) mass is 357 g/mol. The summed E-state index contributed by atoms with van der Waals surface area (Å²) in [6, 6.07) is 5.55. The molecule has 4 nitrogen and oxygen atoms in total. The Morgan fingerprint density at radius 3 is 2.12 bits per heavy atom. The van der Waals surface area contributed by atoms with Gasteiger partial charge in [0.05, 0.1) is 12.1 Å². The Bertz CT molecular complexity index is 795. The van der Waals surface area contributed by atoms with Crippen molar-refractivity contribution in [2.45, 2.75) is 44.4 Å². The fourth-order valence-electron chi connectivity index (χ4n) is 4.18. The molecule has 0 aromatic heterocycles. The van der Waals surface area contributed by atoms with E-state index in [9.17, 15) is 9.59 Å². The van der Waals surface area contributed by atoms with E-state index in [1.807, 2.05) is 12.1 Å². The Morgan fingerprint density at radius 2 is 1.60 bits per heavy atom. The van der Waals surface area contributed by atoms with Crippen molar-refractivity contribution in [2.75, 3.05) is 7.11 Å². The normalized spacial score (nSPS) is 21.0. The van der Waals surface area contributed by atoms with Crippen LogP contribution in [-0.2, 0) is 9.59 Å². The van der Waals surface area contributed by atoms with Crippen LogP contribution in [0.25, 0.3) is 0 Å². The molecule has 1 aromatic rings. The van der Waals surface area contributed by atoms with E-state index in [0.29, 0.717) is 23.6 Å². The number of allylic oxidation sites excluding steroid dienone is 4. The van der Waals surface area contributed by atoms with Crippen LogP contribution in [0.3, 0.4) is 0 Å². The highest BCUT2D eigenvalue weighted by molar-refractivity contribution is 6.32. The SMILES string of the molecule is COc1ccc(C2C3=C(CCCC3=O)NC3=C2C(=O)CCC3)cc1Cl. The van der Waals surface area contributed by atoms with Crippen LogP contribution in [0.1, 0.15) is 50.0 Å². The third-order valence-electron chi connectivity index (χ3n) is 5.30. The van der Waals surface area contributed by atoms with Crippen molar-refractivity contribution in [3.63, 3.8) is 0 Å². The lowest BCUT2D eigenvalue weighted by Crippen LogP contribution is -2.36. The van der Waals surface area contributed by atoms with E-state index >= 15 is 0 Å². The highest BCUT2D eigenvalue weighted by atomic mass is 35.5. The quantitative estimate of drug-likeness (QED) is 0.867. The van der Waals surface area contributed by atoms with Gasteiger partial charge in [0.15, 0.2) is 11.6 Å². The van der Waals surface area contributed by atoms with E-state index in [1.54, 1.807) is 13.2 Å². The first-order valence-electron chi connectivity index (χ1n) is 8.73. The Kier molecular flexibility index (Phi) is 4.16. The predicted octanol–water partition coefficient (Wildman–Crippen LogP) is 4.05. The van der Waals surface area contributed by atoms with Crippen LogP contribution in [0.2, 0.25) is 5.02 Å². The number of hydrogen-bond acceptors (Lipinski definition) is 4. The standard InChI is InChI=1S/C20H20ClNO3/c1-25-17-9-8-11(10-12(17)21)18-19-13(4-2-6-15(19)23)22-14-5-3-7-16(24)20(14)18/h8-10,18,22H,2-7H2,1H3. The fourth-order valence-corrected chi connectivity index (χ4v) is 4.44. The van der Waals surface area contributed by atoms with Crippen molar-refractivity contribution in [3.05, 3.63) is 51.3 Å². The lowest BCUT2D eigenvalue weighted by Gasteiger charge is -2.37. The Labute approximate surface area is 151 Å². The lowest BCUT2D eigenvalue weighted by molar-refractivity contribution is -0.116. The van der Waals surface area contributed by atoms with Gasteiger partial charge in [-0.25, -0.2) is 0 Å². The number of Topliss-reactive ketones (excluding diaryl/α,β-unsaturated/α-hetero) is 2.